The minimum Gasteiger partial charge on any atom is -0.447 e. The van der Waals surface area contributed by atoms with E-state index in [1.54, 1.807) is 17.0 Å². The van der Waals surface area contributed by atoms with Gasteiger partial charge in [-0.2, -0.15) is 0 Å². The van der Waals surface area contributed by atoms with Gasteiger partial charge in [0.15, 0.2) is 0 Å². The average Bonchev–Trinajstić information content (AvgIpc) is 3.14. The number of ether oxygens (including phenoxy) is 1. The van der Waals surface area contributed by atoms with Crippen LogP contribution in [-0.2, 0) is 9.53 Å². The van der Waals surface area contributed by atoms with Gasteiger partial charge in [0.05, 0.1) is 6.54 Å². The molecule has 1 aromatic carbocycles. The van der Waals surface area contributed by atoms with E-state index in [0.29, 0.717) is 13.2 Å². The van der Waals surface area contributed by atoms with Crippen LogP contribution in [0.2, 0.25) is 0 Å². The molecule has 1 saturated carbocycles. The largest absolute Gasteiger partial charge is 0.447 e. The third kappa shape index (κ3) is 2.16. The molecule has 0 aromatic heterocycles. The lowest BCUT2D eigenvalue weighted by Crippen LogP contribution is -2.23. The number of benzene rings is 1. The van der Waals surface area contributed by atoms with Gasteiger partial charge in [-0.05, 0) is 37.1 Å². The van der Waals surface area contributed by atoms with E-state index in [1.165, 1.54) is 0 Å². The maximum Gasteiger partial charge on any atom is 0.414 e. The van der Waals surface area contributed by atoms with Crippen LogP contribution in [0.1, 0.15) is 12.8 Å². The molecular formula is C13H14N2O3. The van der Waals surface area contributed by atoms with Gasteiger partial charge in [0, 0.05) is 17.3 Å². The van der Waals surface area contributed by atoms with Gasteiger partial charge < -0.3 is 10.1 Å². The van der Waals surface area contributed by atoms with Crippen molar-refractivity contribution in [3.63, 3.8) is 0 Å². The summed E-state index contributed by atoms with van der Waals surface area (Å²) in [6, 6.07) is 7.24. The summed E-state index contributed by atoms with van der Waals surface area (Å²) in [5, 5.41) is 2.86. The highest BCUT2D eigenvalue weighted by Crippen LogP contribution is 2.30. The summed E-state index contributed by atoms with van der Waals surface area (Å²) in [7, 11) is 0. The minimum atomic E-state index is -0.315. The fraction of sp³-hybridized carbons (Fsp3) is 0.385. The summed E-state index contributed by atoms with van der Waals surface area (Å²) in [6.07, 6.45) is 1.66. The Kier molecular flexibility index (Phi) is 2.66. The van der Waals surface area contributed by atoms with Gasteiger partial charge in [0.2, 0.25) is 5.91 Å². The summed E-state index contributed by atoms with van der Waals surface area (Å²) < 4.78 is 4.87. The molecule has 0 unspecified atom stereocenters. The Labute approximate surface area is 105 Å². The molecule has 1 heterocycles. The van der Waals surface area contributed by atoms with Crippen LogP contribution in [-0.4, -0.2) is 25.2 Å². The molecule has 94 valence electrons. The zero-order valence-corrected chi connectivity index (χ0v) is 9.89. The van der Waals surface area contributed by atoms with Crippen molar-refractivity contribution in [2.24, 2.45) is 5.92 Å². The highest BCUT2D eigenvalue weighted by molar-refractivity contribution is 5.94. The maximum absolute atomic E-state index is 11.6. The number of hydrogen-bond donors (Lipinski definition) is 1. The first-order valence-electron chi connectivity index (χ1n) is 6.09. The second kappa shape index (κ2) is 4.33. The molecule has 2 aliphatic rings. The molecule has 5 nitrogen and oxygen atoms in total. The Morgan fingerprint density at radius 3 is 2.56 bits per heavy atom. The molecular weight excluding hydrogens is 232 g/mol. The zero-order valence-electron chi connectivity index (χ0n) is 9.89. The van der Waals surface area contributed by atoms with Crippen molar-refractivity contribution in [3.05, 3.63) is 24.3 Å². The van der Waals surface area contributed by atoms with Crippen LogP contribution in [0.5, 0.6) is 0 Å². The van der Waals surface area contributed by atoms with Crippen LogP contribution < -0.4 is 10.2 Å². The first-order chi connectivity index (χ1) is 8.74. The highest BCUT2D eigenvalue weighted by Gasteiger charge is 2.29. The van der Waals surface area contributed by atoms with E-state index in [1.807, 2.05) is 12.1 Å². The monoisotopic (exact) mass is 246 g/mol. The summed E-state index contributed by atoms with van der Waals surface area (Å²) in [5.41, 5.74) is 1.56. The van der Waals surface area contributed by atoms with E-state index in [2.05, 4.69) is 5.32 Å². The molecule has 5 heteroatoms. The molecule has 1 aliphatic heterocycles. The summed E-state index contributed by atoms with van der Waals surface area (Å²) in [4.78, 5) is 24.5. The molecule has 1 saturated heterocycles. The van der Waals surface area contributed by atoms with E-state index in [-0.39, 0.29) is 17.9 Å². The number of hydrogen-bond acceptors (Lipinski definition) is 3. The molecule has 1 aromatic rings. The fourth-order valence-corrected chi connectivity index (χ4v) is 1.94. The molecule has 2 fully saturated rings. The van der Waals surface area contributed by atoms with Crippen LogP contribution in [0, 0.1) is 5.92 Å². The predicted molar refractivity (Wildman–Crippen MR) is 66.5 cm³/mol. The zero-order chi connectivity index (χ0) is 12.5. The van der Waals surface area contributed by atoms with Crippen molar-refractivity contribution in [1.29, 1.82) is 0 Å². The Balaban J connectivity index is 1.68. The molecule has 0 radical (unpaired) electrons. The summed E-state index contributed by atoms with van der Waals surface area (Å²) in [6.45, 7) is 1.01. The van der Waals surface area contributed by atoms with Gasteiger partial charge in [0.1, 0.15) is 6.61 Å². The van der Waals surface area contributed by atoms with E-state index < -0.39 is 0 Å². The molecule has 1 aliphatic carbocycles. The average molecular weight is 246 g/mol. The van der Waals surface area contributed by atoms with Gasteiger partial charge >= 0.3 is 6.09 Å². The first-order valence-corrected chi connectivity index (χ1v) is 6.09. The standard InChI is InChI=1S/C13H14N2O3/c16-12(9-1-2-9)14-10-3-5-11(6-4-10)15-7-8-18-13(15)17/h3-6,9H,1-2,7-8H2,(H,14,16). The number of carbonyl (C=O) groups excluding carboxylic acids is 2. The van der Waals surface area contributed by atoms with E-state index in [0.717, 1.165) is 24.2 Å². The molecule has 0 spiro atoms. The third-order valence-electron chi connectivity index (χ3n) is 3.16. The fourth-order valence-electron chi connectivity index (χ4n) is 1.94. The molecule has 2 amide bonds. The maximum atomic E-state index is 11.6. The Morgan fingerprint density at radius 1 is 1.28 bits per heavy atom. The number of nitrogens with zero attached hydrogens (tertiary/aromatic N) is 1. The van der Waals surface area contributed by atoms with E-state index in [4.69, 9.17) is 4.74 Å². The van der Waals surface area contributed by atoms with Crippen molar-refractivity contribution < 1.29 is 14.3 Å². The van der Waals surface area contributed by atoms with E-state index in [9.17, 15) is 9.59 Å². The van der Waals surface area contributed by atoms with Crippen LogP contribution >= 0.6 is 0 Å². The van der Waals surface area contributed by atoms with Gasteiger partial charge in [-0.25, -0.2) is 4.79 Å². The van der Waals surface area contributed by atoms with Crippen molar-refractivity contribution in [1.82, 2.24) is 0 Å². The van der Waals surface area contributed by atoms with Gasteiger partial charge in [-0.15, -0.1) is 0 Å². The minimum absolute atomic E-state index is 0.0864. The Bertz CT molecular complexity index is 480. The number of cyclic esters (lactones) is 1. The number of amides is 2. The number of carbonyl (C=O) groups is 2. The second-order valence-corrected chi connectivity index (χ2v) is 4.58. The lowest BCUT2D eigenvalue weighted by atomic mass is 10.2. The Morgan fingerprint density at radius 2 is 2.00 bits per heavy atom. The highest BCUT2D eigenvalue weighted by atomic mass is 16.6. The normalized spacial score (nSPS) is 18.7. The van der Waals surface area contributed by atoms with Crippen molar-refractivity contribution >= 4 is 23.4 Å². The van der Waals surface area contributed by atoms with Gasteiger partial charge in [-0.1, -0.05) is 0 Å². The summed E-state index contributed by atoms with van der Waals surface area (Å²) >= 11 is 0. The van der Waals surface area contributed by atoms with E-state index >= 15 is 0 Å². The topological polar surface area (TPSA) is 58.6 Å². The van der Waals surface area contributed by atoms with Gasteiger partial charge in [-0.3, -0.25) is 9.69 Å². The molecule has 0 bridgehead atoms. The van der Waals surface area contributed by atoms with Crippen molar-refractivity contribution in [3.8, 4) is 0 Å². The SMILES string of the molecule is O=C(Nc1ccc(N2CCOC2=O)cc1)C1CC1. The van der Waals surface area contributed by atoms with Crippen LogP contribution in [0.25, 0.3) is 0 Å². The van der Waals surface area contributed by atoms with Crippen molar-refractivity contribution in [2.75, 3.05) is 23.4 Å². The molecule has 1 N–H and O–H groups in total. The third-order valence-corrected chi connectivity index (χ3v) is 3.16. The van der Waals surface area contributed by atoms with Gasteiger partial charge in [0.25, 0.3) is 0 Å². The number of nitrogens with one attached hydrogen (secondary N) is 1. The predicted octanol–water partition coefficient (Wildman–Crippen LogP) is 1.99. The number of rotatable bonds is 3. The van der Waals surface area contributed by atoms with Crippen LogP contribution in [0.4, 0.5) is 16.2 Å². The smallest absolute Gasteiger partial charge is 0.414 e. The first kappa shape index (κ1) is 11.1. The summed E-state index contributed by atoms with van der Waals surface area (Å²) in [5.74, 6) is 0.279. The quantitative estimate of drug-likeness (QED) is 0.887. The van der Waals surface area contributed by atoms with Crippen LogP contribution in [0.15, 0.2) is 24.3 Å². The molecule has 0 atom stereocenters. The molecule has 18 heavy (non-hydrogen) atoms. The van der Waals surface area contributed by atoms with Crippen molar-refractivity contribution in [2.45, 2.75) is 12.8 Å². The molecule has 3 rings (SSSR count). The number of anilines is 2. The lowest BCUT2D eigenvalue weighted by Gasteiger charge is -2.13. The van der Waals surface area contributed by atoms with Crippen LogP contribution in [0.3, 0.4) is 0 Å². The second-order valence-electron chi connectivity index (χ2n) is 4.58. The lowest BCUT2D eigenvalue weighted by molar-refractivity contribution is -0.117. The Hall–Kier alpha value is -2.04.